The molecule has 0 radical (unpaired) electrons. The number of ether oxygens (including phenoxy) is 1. The van der Waals surface area contributed by atoms with E-state index in [1.807, 2.05) is 0 Å². The lowest BCUT2D eigenvalue weighted by Crippen LogP contribution is -2.29. The molecule has 7 nitrogen and oxygen atoms in total. The number of rotatable bonds is 5. The largest absolute Gasteiger partial charge is 0.496 e. The summed E-state index contributed by atoms with van der Waals surface area (Å²) >= 11 is 0. The van der Waals surface area contributed by atoms with Crippen LogP contribution in [0.25, 0.3) is 0 Å². The summed E-state index contributed by atoms with van der Waals surface area (Å²) in [5.74, 6) is -0.521. The van der Waals surface area contributed by atoms with E-state index in [2.05, 4.69) is 5.48 Å². The van der Waals surface area contributed by atoms with E-state index in [-0.39, 0.29) is 23.1 Å². The van der Waals surface area contributed by atoms with E-state index in [0.29, 0.717) is 0 Å². The maximum absolute atomic E-state index is 12.1. The minimum Gasteiger partial charge on any atom is -0.496 e. The van der Waals surface area contributed by atoms with Crippen LogP contribution in [0.1, 0.15) is 36.0 Å². The lowest BCUT2D eigenvalue weighted by molar-refractivity contribution is -0.385. The molecule has 0 aromatic heterocycles. The monoisotopic (exact) mass is 280 g/mol. The SMILES string of the molecule is COc1cccc([N+](=O)[O-])c1C(=O)NOC1CCCC1. The van der Waals surface area contributed by atoms with Crippen molar-refractivity contribution in [3.8, 4) is 5.75 Å². The molecule has 1 N–H and O–H groups in total. The molecule has 1 aliphatic carbocycles. The number of carbonyl (C=O) groups is 1. The van der Waals surface area contributed by atoms with Crippen molar-refractivity contribution in [2.75, 3.05) is 7.11 Å². The zero-order chi connectivity index (χ0) is 14.5. The predicted molar refractivity (Wildman–Crippen MR) is 70.5 cm³/mol. The lowest BCUT2D eigenvalue weighted by Gasteiger charge is -2.13. The second-order valence-corrected chi connectivity index (χ2v) is 4.57. The quantitative estimate of drug-likeness (QED) is 0.659. The molecular weight excluding hydrogens is 264 g/mol. The summed E-state index contributed by atoms with van der Waals surface area (Å²) in [6, 6.07) is 4.22. The summed E-state index contributed by atoms with van der Waals surface area (Å²) in [5, 5.41) is 11.0. The summed E-state index contributed by atoms with van der Waals surface area (Å²) in [6.07, 6.45) is 3.88. The molecule has 0 atom stereocenters. The number of carbonyl (C=O) groups excluding carboxylic acids is 1. The Labute approximate surface area is 116 Å². The first-order valence-electron chi connectivity index (χ1n) is 6.41. The van der Waals surface area contributed by atoms with Gasteiger partial charge in [0.05, 0.1) is 18.1 Å². The van der Waals surface area contributed by atoms with Crippen LogP contribution >= 0.6 is 0 Å². The number of benzene rings is 1. The van der Waals surface area contributed by atoms with Crippen LogP contribution in [0.4, 0.5) is 5.69 Å². The number of nitrogens with zero attached hydrogens (tertiary/aromatic N) is 1. The van der Waals surface area contributed by atoms with E-state index in [9.17, 15) is 14.9 Å². The van der Waals surface area contributed by atoms with Crippen LogP contribution in [0.15, 0.2) is 18.2 Å². The Hall–Kier alpha value is -2.15. The number of amides is 1. The standard InChI is InChI=1S/C13H16N2O5/c1-19-11-8-4-7-10(15(17)18)12(11)13(16)14-20-9-5-2-3-6-9/h4,7-9H,2-3,5-6H2,1H3,(H,14,16). The Kier molecular flexibility index (Phi) is 4.52. The van der Waals surface area contributed by atoms with E-state index in [1.54, 1.807) is 0 Å². The van der Waals surface area contributed by atoms with Gasteiger partial charge in [-0.15, -0.1) is 0 Å². The fourth-order valence-corrected chi connectivity index (χ4v) is 2.26. The van der Waals surface area contributed by atoms with Gasteiger partial charge < -0.3 is 4.74 Å². The third-order valence-corrected chi connectivity index (χ3v) is 3.27. The van der Waals surface area contributed by atoms with Gasteiger partial charge in [-0.2, -0.15) is 0 Å². The van der Waals surface area contributed by atoms with E-state index < -0.39 is 10.8 Å². The summed E-state index contributed by atoms with van der Waals surface area (Å²) in [4.78, 5) is 27.7. The van der Waals surface area contributed by atoms with Crippen molar-refractivity contribution in [1.82, 2.24) is 5.48 Å². The van der Waals surface area contributed by atoms with E-state index in [4.69, 9.17) is 9.57 Å². The number of methoxy groups -OCH3 is 1. The molecule has 7 heteroatoms. The molecule has 0 aliphatic heterocycles. The molecule has 2 rings (SSSR count). The maximum Gasteiger partial charge on any atom is 0.286 e. The Balaban J connectivity index is 2.16. The van der Waals surface area contributed by atoms with Gasteiger partial charge in [-0.05, 0) is 18.9 Å². The molecule has 1 aromatic rings. The van der Waals surface area contributed by atoms with E-state index >= 15 is 0 Å². The molecule has 20 heavy (non-hydrogen) atoms. The Morgan fingerprint density at radius 2 is 2.10 bits per heavy atom. The number of nitro groups is 1. The van der Waals surface area contributed by atoms with Crippen molar-refractivity contribution in [3.63, 3.8) is 0 Å². The minimum atomic E-state index is -0.666. The van der Waals surface area contributed by atoms with Crippen LogP contribution < -0.4 is 10.2 Å². The van der Waals surface area contributed by atoms with Crippen molar-refractivity contribution in [2.45, 2.75) is 31.8 Å². The van der Waals surface area contributed by atoms with Crippen LogP contribution in [0, 0.1) is 10.1 Å². The van der Waals surface area contributed by atoms with E-state index in [1.165, 1.54) is 25.3 Å². The topological polar surface area (TPSA) is 90.7 Å². The number of hydrogen-bond donors (Lipinski definition) is 1. The summed E-state index contributed by atoms with van der Waals surface area (Å²) in [5.41, 5.74) is 1.85. The van der Waals surface area contributed by atoms with Gasteiger partial charge in [-0.3, -0.25) is 19.7 Å². The van der Waals surface area contributed by atoms with Gasteiger partial charge in [0, 0.05) is 6.07 Å². The van der Waals surface area contributed by atoms with Crippen LogP contribution in [-0.2, 0) is 4.84 Å². The zero-order valence-corrected chi connectivity index (χ0v) is 11.1. The van der Waals surface area contributed by atoms with Crippen molar-refractivity contribution in [3.05, 3.63) is 33.9 Å². The molecule has 1 fully saturated rings. The average Bonchev–Trinajstić information content (AvgIpc) is 2.97. The molecule has 0 saturated heterocycles. The van der Waals surface area contributed by atoms with Crippen LogP contribution in [-0.4, -0.2) is 24.0 Å². The van der Waals surface area contributed by atoms with Gasteiger partial charge in [0.1, 0.15) is 5.75 Å². The highest BCUT2D eigenvalue weighted by molar-refractivity contribution is 6.00. The minimum absolute atomic E-state index is 0.0206. The maximum atomic E-state index is 12.1. The molecule has 1 aliphatic rings. The molecule has 0 unspecified atom stereocenters. The van der Waals surface area contributed by atoms with Gasteiger partial charge in [0.15, 0.2) is 5.56 Å². The molecular formula is C13H16N2O5. The number of hydrogen-bond acceptors (Lipinski definition) is 5. The summed E-state index contributed by atoms with van der Waals surface area (Å²) < 4.78 is 5.01. The first-order valence-corrected chi connectivity index (χ1v) is 6.41. The number of hydroxylamine groups is 1. The molecule has 0 spiro atoms. The third kappa shape index (κ3) is 3.05. The predicted octanol–water partition coefficient (Wildman–Crippen LogP) is 2.21. The Morgan fingerprint density at radius 3 is 2.70 bits per heavy atom. The summed E-state index contributed by atoms with van der Waals surface area (Å²) in [6.45, 7) is 0. The highest BCUT2D eigenvalue weighted by Crippen LogP contribution is 2.28. The smallest absolute Gasteiger partial charge is 0.286 e. The summed E-state index contributed by atoms with van der Waals surface area (Å²) in [7, 11) is 1.35. The second kappa shape index (κ2) is 6.33. The van der Waals surface area contributed by atoms with Crippen LogP contribution in [0.2, 0.25) is 0 Å². The molecule has 1 aromatic carbocycles. The van der Waals surface area contributed by atoms with Gasteiger partial charge in [0.25, 0.3) is 11.6 Å². The Morgan fingerprint density at radius 1 is 1.40 bits per heavy atom. The zero-order valence-electron chi connectivity index (χ0n) is 11.1. The lowest BCUT2D eigenvalue weighted by atomic mass is 10.1. The first kappa shape index (κ1) is 14.3. The molecule has 108 valence electrons. The van der Waals surface area contributed by atoms with Crippen LogP contribution in [0.5, 0.6) is 5.75 Å². The molecule has 0 heterocycles. The first-order chi connectivity index (χ1) is 9.63. The molecule has 1 amide bonds. The van der Waals surface area contributed by atoms with Gasteiger partial charge in [-0.1, -0.05) is 18.9 Å². The van der Waals surface area contributed by atoms with Crippen molar-refractivity contribution in [1.29, 1.82) is 0 Å². The van der Waals surface area contributed by atoms with Crippen molar-refractivity contribution in [2.24, 2.45) is 0 Å². The molecule has 1 saturated carbocycles. The van der Waals surface area contributed by atoms with E-state index in [0.717, 1.165) is 25.7 Å². The van der Waals surface area contributed by atoms with Gasteiger partial charge >= 0.3 is 0 Å². The van der Waals surface area contributed by atoms with Crippen LogP contribution in [0.3, 0.4) is 0 Å². The average molecular weight is 280 g/mol. The normalized spacial score (nSPS) is 15.1. The molecule has 0 bridgehead atoms. The van der Waals surface area contributed by atoms with Crippen molar-refractivity contribution < 1.29 is 19.3 Å². The number of nitro benzene ring substituents is 1. The van der Waals surface area contributed by atoms with Gasteiger partial charge in [0.2, 0.25) is 0 Å². The van der Waals surface area contributed by atoms with Crippen molar-refractivity contribution >= 4 is 11.6 Å². The second-order valence-electron chi connectivity index (χ2n) is 4.57. The fraction of sp³-hybridized carbons (Fsp3) is 0.462. The fourth-order valence-electron chi connectivity index (χ4n) is 2.26. The highest BCUT2D eigenvalue weighted by Gasteiger charge is 2.26. The van der Waals surface area contributed by atoms with Gasteiger partial charge in [-0.25, -0.2) is 5.48 Å². The highest BCUT2D eigenvalue weighted by atomic mass is 16.7. The Bertz CT molecular complexity index is 511. The number of nitrogens with one attached hydrogen (secondary N) is 1. The third-order valence-electron chi connectivity index (χ3n) is 3.27.